The molecule has 0 aliphatic heterocycles. The van der Waals surface area contributed by atoms with Crippen LogP contribution in [-0.2, 0) is 0 Å². The Labute approximate surface area is 138 Å². The molecular weight excluding hydrogens is 349 g/mol. The quantitative estimate of drug-likeness (QED) is 0.732. The van der Waals surface area contributed by atoms with Gasteiger partial charge in [0.05, 0.1) is 10.0 Å². The van der Waals surface area contributed by atoms with Crippen molar-refractivity contribution in [3.8, 4) is 11.3 Å². The summed E-state index contributed by atoms with van der Waals surface area (Å²) in [4.78, 5) is 20.2. The minimum Gasteiger partial charge on any atom is -0.298 e. The van der Waals surface area contributed by atoms with Gasteiger partial charge in [-0.2, -0.15) is 0 Å². The molecule has 3 rings (SSSR count). The second-order valence-corrected chi connectivity index (χ2v) is 7.11. The summed E-state index contributed by atoms with van der Waals surface area (Å²) in [5, 5.41) is 5.07. The molecule has 3 aromatic rings. The SMILES string of the molecule is O=C(Nc1nc(-c2cc(Cl)sc2Cl)cs1)c1ccncc1. The average Bonchev–Trinajstić information content (AvgIpc) is 3.06. The molecule has 0 spiro atoms. The van der Waals surface area contributed by atoms with Crippen LogP contribution in [0.4, 0.5) is 5.13 Å². The molecule has 0 aromatic carbocycles. The Bertz CT molecular complexity index is 786. The largest absolute Gasteiger partial charge is 0.298 e. The topological polar surface area (TPSA) is 54.9 Å². The maximum Gasteiger partial charge on any atom is 0.257 e. The van der Waals surface area contributed by atoms with Crippen molar-refractivity contribution in [2.45, 2.75) is 0 Å². The van der Waals surface area contributed by atoms with Gasteiger partial charge in [0.15, 0.2) is 5.13 Å². The first-order chi connectivity index (χ1) is 10.1. The number of carbonyl (C=O) groups excluding carboxylic acids is 1. The molecule has 0 unspecified atom stereocenters. The van der Waals surface area contributed by atoms with Crippen molar-refractivity contribution in [3.63, 3.8) is 0 Å². The van der Waals surface area contributed by atoms with E-state index in [2.05, 4.69) is 15.3 Å². The van der Waals surface area contributed by atoms with E-state index in [9.17, 15) is 4.79 Å². The van der Waals surface area contributed by atoms with Gasteiger partial charge < -0.3 is 0 Å². The van der Waals surface area contributed by atoms with Gasteiger partial charge in [-0.15, -0.1) is 22.7 Å². The van der Waals surface area contributed by atoms with E-state index in [0.29, 0.717) is 25.1 Å². The summed E-state index contributed by atoms with van der Waals surface area (Å²) >= 11 is 14.6. The molecule has 0 aliphatic carbocycles. The Morgan fingerprint density at radius 3 is 2.67 bits per heavy atom. The molecule has 1 amide bonds. The second kappa shape index (κ2) is 6.11. The van der Waals surface area contributed by atoms with Gasteiger partial charge >= 0.3 is 0 Å². The fraction of sp³-hybridized carbons (Fsp3) is 0. The smallest absolute Gasteiger partial charge is 0.257 e. The highest BCUT2D eigenvalue weighted by molar-refractivity contribution is 7.20. The highest BCUT2D eigenvalue weighted by atomic mass is 35.5. The zero-order valence-corrected chi connectivity index (χ0v) is 13.5. The lowest BCUT2D eigenvalue weighted by Gasteiger charge is -2.00. The molecule has 0 aliphatic rings. The summed E-state index contributed by atoms with van der Waals surface area (Å²) in [7, 11) is 0. The summed E-state index contributed by atoms with van der Waals surface area (Å²) in [6, 6.07) is 5.04. The van der Waals surface area contributed by atoms with Crippen LogP contribution < -0.4 is 5.32 Å². The van der Waals surface area contributed by atoms with Crippen molar-refractivity contribution in [1.29, 1.82) is 0 Å². The molecule has 0 bridgehead atoms. The molecule has 1 N–H and O–H groups in total. The van der Waals surface area contributed by atoms with Gasteiger partial charge in [0.2, 0.25) is 0 Å². The van der Waals surface area contributed by atoms with Gasteiger partial charge in [-0.1, -0.05) is 23.2 Å². The minimum atomic E-state index is -0.229. The maximum absolute atomic E-state index is 12.0. The molecule has 0 radical (unpaired) electrons. The molecule has 0 saturated heterocycles. The predicted molar refractivity (Wildman–Crippen MR) is 87.6 cm³/mol. The van der Waals surface area contributed by atoms with Crippen molar-refractivity contribution in [2.75, 3.05) is 5.32 Å². The zero-order chi connectivity index (χ0) is 14.8. The number of hydrogen-bond acceptors (Lipinski definition) is 5. The molecule has 0 saturated carbocycles. The molecule has 8 heteroatoms. The van der Waals surface area contributed by atoms with Gasteiger partial charge in [-0.25, -0.2) is 4.98 Å². The number of thiophene rings is 1. The van der Waals surface area contributed by atoms with Crippen molar-refractivity contribution in [2.24, 2.45) is 0 Å². The minimum absolute atomic E-state index is 0.229. The van der Waals surface area contributed by atoms with E-state index in [1.807, 2.05) is 5.38 Å². The number of carbonyl (C=O) groups is 1. The molecule has 21 heavy (non-hydrogen) atoms. The summed E-state index contributed by atoms with van der Waals surface area (Å²) in [5.74, 6) is -0.229. The molecular formula is C13H7Cl2N3OS2. The monoisotopic (exact) mass is 355 g/mol. The number of anilines is 1. The number of amides is 1. The van der Waals surface area contributed by atoms with Crippen molar-refractivity contribution < 1.29 is 4.79 Å². The number of halogens is 2. The number of nitrogens with one attached hydrogen (secondary N) is 1. The van der Waals surface area contributed by atoms with Crippen LogP contribution in [-0.4, -0.2) is 15.9 Å². The van der Waals surface area contributed by atoms with Gasteiger partial charge in [-0.3, -0.25) is 15.1 Å². The van der Waals surface area contributed by atoms with Crippen molar-refractivity contribution in [1.82, 2.24) is 9.97 Å². The van der Waals surface area contributed by atoms with E-state index in [4.69, 9.17) is 23.2 Å². The van der Waals surface area contributed by atoms with Gasteiger partial charge in [-0.05, 0) is 18.2 Å². The van der Waals surface area contributed by atoms with E-state index >= 15 is 0 Å². The molecule has 106 valence electrons. The number of nitrogens with zero attached hydrogens (tertiary/aromatic N) is 2. The Hall–Kier alpha value is -1.47. The fourth-order valence-corrected chi connectivity index (χ4v) is 3.83. The lowest BCUT2D eigenvalue weighted by molar-refractivity contribution is 0.102. The van der Waals surface area contributed by atoms with Crippen molar-refractivity contribution >= 4 is 56.9 Å². The average molecular weight is 356 g/mol. The number of rotatable bonds is 3. The lowest BCUT2D eigenvalue weighted by Crippen LogP contribution is -2.11. The standard InChI is InChI=1S/C13H7Cl2N3OS2/c14-10-5-8(11(15)21-10)9-6-20-13(17-9)18-12(19)7-1-3-16-4-2-7/h1-6H,(H,17,18,19). The Balaban J connectivity index is 1.80. The van der Waals surface area contributed by atoms with E-state index in [1.165, 1.54) is 22.7 Å². The summed E-state index contributed by atoms with van der Waals surface area (Å²) < 4.78 is 1.18. The van der Waals surface area contributed by atoms with Crippen molar-refractivity contribution in [3.05, 3.63) is 50.2 Å². The fourth-order valence-electron chi connectivity index (χ4n) is 1.64. The summed E-state index contributed by atoms with van der Waals surface area (Å²) in [6.07, 6.45) is 3.13. The predicted octanol–water partition coefficient (Wildman–Crippen LogP) is 4.83. The lowest BCUT2D eigenvalue weighted by atomic mass is 10.2. The Morgan fingerprint density at radius 2 is 2.00 bits per heavy atom. The van der Waals surface area contributed by atoms with Crippen LogP contribution in [0.25, 0.3) is 11.3 Å². The van der Waals surface area contributed by atoms with E-state index < -0.39 is 0 Å². The molecule has 0 fully saturated rings. The number of aromatic nitrogens is 2. The number of hydrogen-bond donors (Lipinski definition) is 1. The first kappa shape index (κ1) is 14.5. The van der Waals surface area contributed by atoms with Gasteiger partial charge in [0.25, 0.3) is 5.91 Å². The highest BCUT2D eigenvalue weighted by Crippen LogP contribution is 2.38. The van der Waals surface area contributed by atoms with Crippen LogP contribution in [0, 0.1) is 0 Å². The third kappa shape index (κ3) is 3.24. The Morgan fingerprint density at radius 1 is 1.24 bits per heavy atom. The molecule has 3 aromatic heterocycles. The van der Waals surface area contributed by atoms with Gasteiger partial charge in [0.1, 0.15) is 4.34 Å². The summed E-state index contributed by atoms with van der Waals surface area (Å²) in [6.45, 7) is 0. The first-order valence-electron chi connectivity index (χ1n) is 5.75. The molecule has 0 atom stereocenters. The van der Waals surface area contributed by atoms with Crippen LogP contribution in [0.3, 0.4) is 0 Å². The number of thiazole rings is 1. The van der Waals surface area contributed by atoms with Crippen LogP contribution in [0.2, 0.25) is 8.67 Å². The molecule has 3 heterocycles. The number of pyridine rings is 1. The van der Waals surface area contributed by atoms with E-state index in [1.54, 1.807) is 30.6 Å². The third-order valence-corrected chi connectivity index (χ3v) is 4.85. The molecule has 4 nitrogen and oxygen atoms in total. The van der Waals surface area contributed by atoms with Gasteiger partial charge in [0, 0.05) is 28.9 Å². The second-order valence-electron chi connectivity index (χ2n) is 3.97. The summed E-state index contributed by atoms with van der Waals surface area (Å²) in [5.41, 5.74) is 1.99. The van der Waals surface area contributed by atoms with Crippen LogP contribution in [0.15, 0.2) is 36.0 Å². The zero-order valence-electron chi connectivity index (χ0n) is 10.3. The first-order valence-corrected chi connectivity index (χ1v) is 8.21. The van der Waals surface area contributed by atoms with E-state index in [-0.39, 0.29) is 5.91 Å². The third-order valence-electron chi connectivity index (χ3n) is 2.60. The van der Waals surface area contributed by atoms with Crippen LogP contribution in [0.5, 0.6) is 0 Å². The van der Waals surface area contributed by atoms with Crippen LogP contribution >= 0.6 is 45.9 Å². The van der Waals surface area contributed by atoms with E-state index in [0.717, 1.165) is 5.56 Å². The highest BCUT2D eigenvalue weighted by Gasteiger charge is 2.13. The maximum atomic E-state index is 12.0. The Kier molecular flexibility index (Phi) is 4.21. The van der Waals surface area contributed by atoms with Crippen LogP contribution in [0.1, 0.15) is 10.4 Å². The normalized spacial score (nSPS) is 10.6.